The maximum atomic E-state index is 15.5. The summed E-state index contributed by atoms with van der Waals surface area (Å²) in [5, 5.41) is 3.42. The number of carbonyl (C=O) groups is 1. The van der Waals surface area contributed by atoms with Crippen LogP contribution < -0.4 is 5.32 Å². The largest absolute Gasteiger partial charge is 0.382 e. The number of ether oxygens (including phenoxy) is 1. The fourth-order valence-corrected chi connectivity index (χ4v) is 10.00. The van der Waals surface area contributed by atoms with Crippen LogP contribution in [0.2, 0.25) is 0 Å². The van der Waals surface area contributed by atoms with Crippen LogP contribution >= 0.6 is 0 Å². The molecule has 3 heterocycles. The number of piperidine rings is 1. The lowest BCUT2D eigenvalue weighted by atomic mass is 9.89. The zero-order valence-corrected chi connectivity index (χ0v) is 25.9. The van der Waals surface area contributed by atoms with Gasteiger partial charge in [-0.2, -0.15) is 0 Å². The molecule has 0 unspecified atom stereocenters. The smallest absolute Gasteiger partial charge is 0.250 e. The van der Waals surface area contributed by atoms with Crippen LogP contribution in [0.15, 0.2) is 17.0 Å². The summed E-state index contributed by atoms with van der Waals surface area (Å²) in [5.41, 5.74) is 3.03. The number of sulfone groups is 1. The van der Waals surface area contributed by atoms with Crippen LogP contribution in [0.1, 0.15) is 86.1 Å². The third-order valence-corrected chi connectivity index (χ3v) is 11.9. The van der Waals surface area contributed by atoms with E-state index in [-0.39, 0.29) is 36.3 Å². The van der Waals surface area contributed by atoms with Gasteiger partial charge in [0.1, 0.15) is 5.82 Å². The van der Waals surface area contributed by atoms with Crippen molar-refractivity contribution in [3.63, 3.8) is 0 Å². The van der Waals surface area contributed by atoms with E-state index in [1.165, 1.54) is 6.07 Å². The minimum absolute atomic E-state index is 0.0279. The fourth-order valence-electron chi connectivity index (χ4n) is 7.60. The predicted molar refractivity (Wildman–Crippen MR) is 159 cm³/mol. The second-order valence-corrected chi connectivity index (χ2v) is 15.6. The lowest BCUT2D eigenvalue weighted by Gasteiger charge is -2.33. The van der Waals surface area contributed by atoms with Crippen molar-refractivity contribution < 1.29 is 31.1 Å². The number of aromatic nitrogens is 1. The van der Waals surface area contributed by atoms with Gasteiger partial charge in [-0.15, -0.1) is 0 Å². The lowest BCUT2D eigenvalue weighted by molar-refractivity contribution is -0.0625. The second kappa shape index (κ2) is 11.5. The minimum atomic E-state index is -3.47. The van der Waals surface area contributed by atoms with Crippen molar-refractivity contribution in [1.82, 2.24) is 9.47 Å². The van der Waals surface area contributed by atoms with E-state index in [2.05, 4.69) is 5.32 Å². The van der Waals surface area contributed by atoms with Crippen LogP contribution in [0.5, 0.6) is 0 Å². The van der Waals surface area contributed by atoms with Gasteiger partial charge in [0.05, 0.1) is 34.6 Å². The van der Waals surface area contributed by atoms with Crippen LogP contribution in [0.3, 0.4) is 0 Å². The zero-order valence-electron chi connectivity index (χ0n) is 25.1. The molecule has 2 aliphatic heterocycles. The Kier molecular flexibility index (Phi) is 8.22. The number of alkyl halides is 2. The number of likely N-dealkylation sites (tertiary alicyclic amines) is 1. The molecule has 6 rings (SSSR count). The number of nitrogens with zero attached hydrogens (tertiary/aromatic N) is 2. The zero-order chi connectivity index (χ0) is 30.6. The van der Waals surface area contributed by atoms with Gasteiger partial charge in [0.25, 0.3) is 5.92 Å². The molecule has 7 nitrogen and oxygen atoms in total. The monoisotopic (exact) mass is 621 g/mol. The molecule has 4 aliphatic rings. The Morgan fingerprint density at radius 1 is 1.07 bits per heavy atom. The van der Waals surface area contributed by atoms with Crippen molar-refractivity contribution in [3.05, 3.63) is 40.5 Å². The Morgan fingerprint density at radius 2 is 1.79 bits per heavy atom. The predicted octanol–water partition coefficient (Wildman–Crippen LogP) is 5.74. The highest BCUT2D eigenvalue weighted by atomic mass is 32.2. The first kappa shape index (κ1) is 30.6. The number of rotatable bonds is 8. The number of benzene rings is 1. The second-order valence-electron chi connectivity index (χ2n) is 13.7. The molecule has 236 valence electrons. The highest BCUT2D eigenvalue weighted by Gasteiger charge is 2.43. The first-order valence-corrected chi connectivity index (χ1v) is 17.3. The van der Waals surface area contributed by atoms with Crippen molar-refractivity contribution in [2.24, 2.45) is 5.41 Å². The SMILES string of the molecule is CC1(C)Cc2c(c3c(n2-c2cc(F)c(C=O)c(NC4CCC(OCCN5CCC(F)(F)CC5)CC4)c2)CCC3)S(=O)(=O)C1. The van der Waals surface area contributed by atoms with Gasteiger partial charge in [0.15, 0.2) is 16.1 Å². The molecular formula is C32H42F3N3O4S. The van der Waals surface area contributed by atoms with Crippen molar-refractivity contribution in [2.75, 3.05) is 37.3 Å². The Morgan fingerprint density at radius 3 is 2.49 bits per heavy atom. The van der Waals surface area contributed by atoms with Gasteiger partial charge in [-0.1, -0.05) is 13.8 Å². The molecular weight excluding hydrogens is 579 g/mol. The van der Waals surface area contributed by atoms with Gasteiger partial charge >= 0.3 is 0 Å². The molecule has 1 N–H and O–H groups in total. The summed E-state index contributed by atoms with van der Waals surface area (Å²) in [6.07, 6.45) is 6.46. The molecule has 43 heavy (non-hydrogen) atoms. The number of nitrogens with one attached hydrogen (secondary N) is 1. The van der Waals surface area contributed by atoms with Gasteiger partial charge in [-0.05, 0) is 74.5 Å². The van der Waals surface area contributed by atoms with Crippen molar-refractivity contribution >= 4 is 21.8 Å². The standard InChI is InChI=1S/C32H42F3N3O4S/c1-31(2)18-29-30(43(40,41)20-31)24-4-3-5-28(24)38(29)22-16-26(33)25(19-39)27(17-22)36-21-6-8-23(9-7-21)42-15-14-37-12-10-32(34,35)11-13-37/h16-17,19,21,23,36H,3-15,18,20H2,1-2H3. The summed E-state index contributed by atoms with van der Waals surface area (Å²) in [6, 6.07) is 3.18. The molecule has 1 saturated carbocycles. The van der Waals surface area contributed by atoms with E-state index in [0.29, 0.717) is 61.6 Å². The number of hydrogen-bond donors (Lipinski definition) is 1. The molecule has 0 amide bonds. The summed E-state index contributed by atoms with van der Waals surface area (Å²) in [4.78, 5) is 14.4. The van der Waals surface area contributed by atoms with E-state index in [1.807, 2.05) is 23.3 Å². The number of fused-ring (bicyclic) bond motifs is 3. The fraction of sp³-hybridized carbons (Fsp3) is 0.656. The third kappa shape index (κ3) is 6.27. The van der Waals surface area contributed by atoms with E-state index in [9.17, 15) is 22.0 Å². The Hall–Kier alpha value is -2.37. The molecule has 0 spiro atoms. The number of halogens is 3. The highest BCUT2D eigenvalue weighted by Crippen LogP contribution is 2.45. The number of carbonyl (C=O) groups excluding carboxylic acids is 1. The molecule has 2 fully saturated rings. The Labute approximate surface area is 252 Å². The van der Waals surface area contributed by atoms with Crippen LogP contribution in [0.4, 0.5) is 18.9 Å². The van der Waals surface area contributed by atoms with Crippen molar-refractivity contribution in [2.45, 2.75) is 101 Å². The topological polar surface area (TPSA) is 80.6 Å². The molecule has 1 saturated heterocycles. The van der Waals surface area contributed by atoms with Gasteiger partial charge in [-0.25, -0.2) is 21.6 Å². The van der Waals surface area contributed by atoms with Crippen LogP contribution in [0, 0.1) is 11.2 Å². The summed E-state index contributed by atoms with van der Waals surface area (Å²) in [6.45, 7) is 5.85. The third-order valence-electron chi connectivity index (χ3n) is 9.68. The van der Waals surface area contributed by atoms with Gasteiger partial charge in [0, 0.05) is 55.6 Å². The molecule has 2 aromatic rings. The lowest BCUT2D eigenvalue weighted by Crippen LogP contribution is -2.41. The van der Waals surface area contributed by atoms with Crippen molar-refractivity contribution in [1.29, 1.82) is 0 Å². The summed E-state index contributed by atoms with van der Waals surface area (Å²) in [5.74, 6) is -3.08. The van der Waals surface area contributed by atoms with E-state index in [1.54, 1.807) is 6.07 Å². The maximum absolute atomic E-state index is 15.5. The van der Waals surface area contributed by atoms with E-state index >= 15 is 4.39 Å². The maximum Gasteiger partial charge on any atom is 0.250 e. The number of anilines is 1. The molecule has 0 radical (unpaired) electrons. The molecule has 2 aliphatic carbocycles. The van der Waals surface area contributed by atoms with E-state index in [4.69, 9.17) is 4.74 Å². The van der Waals surface area contributed by atoms with Crippen LogP contribution in [0.25, 0.3) is 5.69 Å². The number of hydrogen-bond acceptors (Lipinski definition) is 6. The summed E-state index contributed by atoms with van der Waals surface area (Å²) >= 11 is 0. The average molecular weight is 622 g/mol. The van der Waals surface area contributed by atoms with E-state index < -0.39 is 27.0 Å². The Balaban J connectivity index is 1.16. The molecule has 1 aromatic heterocycles. The summed E-state index contributed by atoms with van der Waals surface area (Å²) < 4.78 is 77.1. The van der Waals surface area contributed by atoms with Crippen molar-refractivity contribution in [3.8, 4) is 5.69 Å². The molecule has 1 aromatic carbocycles. The quantitative estimate of drug-likeness (QED) is 0.379. The van der Waals surface area contributed by atoms with Gasteiger partial charge in [-0.3, -0.25) is 4.79 Å². The first-order chi connectivity index (χ1) is 20.4. The van der Waals surface area contributed by atoms with Crippen LogP contribution in [-0.4, -0.2) is 74.2 Å². The first-order valence-electron chi connectivity index (χ1n) is 15.6. The summed E-state index contributed by atoms with van der Waals surface area (Å²) in [7, 11) is -3.47. The molecule has 0 atom stereocenters. The van der Waals surface area contributed by atoms with E-state index in [0.717, 1.165) is 55.5 Å². The normalized spacial score (nSPS) is 26.1. The Bertz CT molecular complexity index is 1490. The highest BCUT2D eigenvalue weighted by molar-refractivity contribution is 7.91. The molecule has 11 heteroatoms. The van der Waals surface area contributed by atoms with Crippen LogP contribution in [-0.2, 0) is 33.8 Å². The number of aldehydes is 1. The molecule has 0 bridgehead atoms. The average Bonchev–Trinajstić information content (AvgIpc) is 3.49. The van der Waals surface area contributed by atoms with Gasteiger partial charge in [0.2, 0.25) is 0 Å². The van der Waals surface area contributed by atoms with Gasteiger partial charge < -0.3 is 19.5 Å². The minimum Gasteiger partial charge on any atom is -0.382 e.